The molecule has 106 valence electrons. The van der Waals surface area contributed by atoms with Crippen LogP contribution in [0, 0.1) is 5.92 Å². The summed E-state index contributed by atoms with van der Waals surface area (Å²) >= 11 is 0. The van der Waals surface area contributed by atoms with Gasteiger partial charge >= 0.3 is 6.18 Å². The predicted molar refractivity (Wildman–Crippen MR) is 63.4 cm³/mol. The molecule has 0 radical (unpaired) electrons. The van der Waals surface area contributed by atoms with Crippen LogP contribution in [0.1, 0.15) is 45.4 Å². The van der Waals surface area contributed by atoms with Gasteiger partial charge in [0, 0.05) is 25.1 Å². The van der Waals surface area contributed by atoms with Gasteiger partial charge in [0.2, 0.25) is 0 Å². The van der Waals surface area contributed by atoms with Crippen molar-refractivity contribution in [1.29, 1.82) is 0 Å². The maximum absolute atomic E-state index is 12.0. The molecule has 1 heterocycles. The van der Waals surface area contributed by atoms with Gasteiger partial charge in [0.05, 0.1) is 6.10 Å². The summed E-state index contributed by atoms with van der Waals surface area (Å²) in [6.45, 7) is 2.76. The maximum atomic E-state index is 12.0. The van der Waals surface area contributed by atoms with Gasteiger partial charge in [-0.1, -0.05) is 0 Å². The predicted octanol–water partition coefficient (Wildman–Crippen LogP) is 3.26. The van der Waals surface area contributed by atoms with E-state index in [1.165, 1.54) is 12.8 Å². The summed E-state index contributed by atoms with van der Waals surface area (Å²) in [4.78, 5) is 0. The number of hydrogen-bond donors (Lipinski definition) is 1. The van der Waals surface area contributed by atoms with Gasteiger partial charge in [0.15, 0.2) is 0 Å². The highest BCUT2D eigenvalue weighted by Gasteiger charge is 2.40. The molecule has 2 aliphatic rings. The van der Waals surface area contributed by atoms with Gasteiger partial charge in [-0.05, 0) is 44.9 Å². The van der Waals surface area contributed by atoms with Crippen LogP contribution in [-0.2, 0) is 4.74 Å². The maximum Gasteiger partial charge on any atom is 0.389 e. The van der Waals surface area contributed by atoms with E-state index in [0.29, 0.717) is 24.5 Å². The van der Waals surface area contributed by atoms with Crippen molar-refractivity contribution in [3.8, 4) is 0 Å². The lowest BCUT2D eigenvalue weighted by Crippen LogP contribution is -2.42. The number of nitrogens with one attached hydrogen (secondary N) is 1. The van der Waals surface area contributed by atoms with Crippen molar-refractivity contribution in [1.82, 2.24) is 5.32 Å². The largest absolute Gasteiger partial charge is 0.389 e. The normalized spacial score (nSPS) is 30.7. The van der Waals surface area contributed by atoms with Gasteiger partial charge in [-0.2, -0.15) is 13.2 Å². The van der Waals surface area contributed by atoms with Crippen molar-refractivity contribution in [2.45, 2.75) is 69.8 Å². The van der Waals surface area contributed by atoms with Crippen LogP contribution in [-0.4, -0.2) is 31.0 Å². The van der Waals surface area contributed by atoms with Crippen molar-refractivity contribution in [2.24, 2.45) is 5.92 Å². The monoisotopic (exact) mass is 265 g/mol. The molecule has 0 spiro atoms. The first-order chi connectivity index (χ1) is 8.46. The molecule has 2 nitrogen and oxygen atoms in total. The second kappa shape index (κ2) is 5.78. The lowest BCUT2D eigenvalue weighted by Gasteiger charge is -2.24. The molecule has 0 aromatic rings. The molecule has 1 aliphatic heterocycles. The minimum atomic E-state index is -4.02. The van der Waals surface area contributed by atoms with Crippen LogP contribution in [0.5, 0.6) is 0 Å². The van der Waals surface area contributed by atoms with Crippen LogP contribution in [0.4, 0.5) is 13.2 Å². The topological polar surface area (TPSA) is 21.3 Å². The van der Waals surface area contributed by atoms with Gasteiger partial charge in [-0.3, -0.25) is 0 Å². The van der Waals surface area contributed by atoms with E-state index in [4.69, 9.17) is 4.74 Å². The summed E-state index contributed by atoms with van der Waals surface area (Å²) in [7, 11) is 0. The Morgan fingerprint density at radius 1 is 1.28 bits per heavy atom. The molecular weight excluding hydrogens is 243 g/mol. The molecule has 1 N–H and O–H groups in total. The zero-order chi connectivity index (χ0) is 13.2. The van der Waals surface area contributed by atoms with E-state index in [-0.39, 0.29) is 12.5 Å². The van der Waals surface area contributed by atoms with Crippen molar-refractivity contribution in [3.05, 3.63) is 0 Å². The first-order valence-corrected chi connectivity index (χ1v) is 6.90. The average molecular weight is 265 g/mol. The van der Waals surface area contributed by atoms with Crippen LogP contribution >= 0.6 is 0 Å². The fourth-order valence-electron chi connectivity index (χ4n) is 2.74. The summed E-state index contributed by atoms with van der Waals surface area (Å²) in [5.41, 5.74) is 0. The smallest absolute Gasteiger partial charge is 0.376 e. The molecule has 1 aliphatic carbocycles. The van der Waals surface area contributed by atoms with E-state index < -0.39 is 12.6 Å². The second-order valence-electron chi connectivity index (χ2n) is 5.64. The zero-order valence-corrected chi connectivity index (χ0v) is 10.8. The number of rotatable bonds is 6. The summed E-state index contributed by atoms with van der Waals surface area (Å²) < 4.78 is 41.8. The fraction of sp³-hybridized carbons (Fsp3) is 1.00. The second-order valence-corrected chi connectivity index (χ2v) is 5.64. The zero-order valence-electron chi connectivity index (χ0n) is 10.8. The van der Waals surface area contributed by atoms with E-state index in [1.807, 2.05) is 6.92 Å². The van der Waals surface area contributed by atoms with Crippen LogP contribution in [0.15, 0.2) is 0 Å². The molecule has 0 aromatic carbocycles. The van der Waals surface area contributed by atoms with E-state index in [9.17, 15) is 13.2 Å². The highest BCUT2D eigenvalue weighted by molar-refractivity contribution is 4.94. The van der Waals surface area contributed by atoms with Gasteiger partial charge < -0.3 is 10.1 Å². The van der Waals surface area contributed by atoms with E-state index in [2.05, 4.69) is 5.32 Å². The Balaban J connectivity index is 1.65. The fourth-order valence-corrected chi connectivity index (χ4v) is 2.74. The third-order valence-electron chi connectivity index (χ3n) is 3.82. The van der Waals surface area contributed by atoms with Crippen molar-refractivity contribution in [2.75, 3.05) is 6.61 Å². The summed E-state index contributed by atoms with van der Waals surface area (Å²) in [6, 6.07) is 0.485. The lowest BCUT2D eigenvalue weighted by molar-refractivity contribution is -0.135. The van der Waals surface area contributed by atoms with Gasteiger partial charge in [-0.15, -0.1) is 0 Å². The molecule has 1 saturated carbocycles. The molecule has 2 fully saturated rings. The number of hydrogen-bond acceptors (Lipinski definition) is 2. The van der Waals surface area contributed by atoms with E-state index in [0.717, 1.165) is 13.0 Å². The Morgan fingerprint density at radius 2 is 2.00 bits per heavy atom. The van der Waals surface area contributed by atoms with E-state index >= 15 is 0 Å². The first-order valence-electron chi connectivity index (χ1n) is 6.90. The lowest BCUT2D eigenvalue weighted by atomic mass is 10.0. The highest BCUT2D eigenvalue weighted by atomic mass is 19.4. The van der Waals surface area contributed by atoms with Crippen LogP contribution in [0.25, 0.3) is 0 Å². The standard InChI is InChI=1S/C13H22F3NO/c1-9(3-2-7-13(14,15)16)17-11-6-8-18-12(11)10-4-5-10/h9-12,17H,2-8H2,1H3. The van der Waals surface area contributed by atoms with Gasteiger partial charge in [-0.25, -0.2) is 0 Å². The SMILES string of the molecule is CC(CCCC(F)(F)F)NC1CCOC1C1CC1. The summed E-state index contributed by atoms with van der Waals surface area (Å²) in [6.07, 6.45) is -0.136. The molecule has 18 heavy (non-hydrogen) atoms. The number of ether oxygens (including phenoxy) is 1. The van der Waals surface area contributed by atoms with E-state index in [1.54, 1.807) is 0 Å². The molecule has 0 aromatic heterocycles. The Morgan fingerprint density at radius 3 is 2.61 bits per heavy atom. The van der Waals surface area contributed by atoms with Crippen molar-refractivity contribution >= 4 is 0 Å². The Bertz CT molecular complexity index is 265. The molecule has 3 unspecified atom stereocenters. The molecule has 5 heteroatoms. The molecular formula is C13H22F3NO. The molecule has 2 rings (SSSR count). The van der Waals surface area contributed by atoms with Crippen molar-refractivity contribution < 1.29 is 17.9 Å². The Kier molecular flexibility index (Phi) is 4.54. The Labute approximate surface area is 106 Å². The van der Waals surface area contributed by atoms with Crippen LogP contribution in [0.2, 0.25) is 0 Å². The molecule has 0 amide bonds. The Hall–Kier alpha value is -0.290. The van der Waals surface area contributed by atoms with Crippen molar-refractivity contribution in [3.63, 3.8) is 0 Å². The highest BCUT2D eigenvalue weighted by Crippen LogP contribution is 2.38. The molecule has 1 saturated heterocycles. The van der Waals surface area contributed by atoms with Gasteiger partial charge in [0.1, 0.15) is 0 Å². The molecule has 0 bridgehead atoms. The van der Waals surface area contributed by atoms with Crippen LogP contribution < -0.4 is 5.32 Å². The average Bonchev–Trinajstić information content (AvgIpc) is 2.98. The minimum absolute atomic E-state index is 0.139. The summed E-state index contributed by atoms with van der Waals surface area (Å²) in [5.74, 6) is 0.687. The molecule has 3 atom stereocenters. The quantitative estimate of drug-likeness (QED) is 0.796. The van der Waals surface area contributed by atoms with Gasteiger partial charge in [0.25, 0.3) is 0 Å². The number of alkyl halides is 3. The minimum Gasteiger partial charge on any atom is -0.376 e. The third kappa shape index (κ3) is 4.43. The third-order valence-corrected chi connectivity index (χ3v) is 3.82. The summed E-state index contributed by atoms with van der Waals surface area (Å²) in [5, 5.41) is 3.44. The first kappa shape index (κ1) is 14.1. The number of halogens is 3. The van der Waals surface area contributed by atoms with Crippen LogP contribution in [0.3, 0.4) is 0 Å².